The lowest BCUT2D eigenvalue weighted by atomic mass is 10.2. The summed E-state index contributed by atoms with van der Waals surface area (Å²) in [7, 11) is 0. The number of thiophene rings is 1. The molecular weight excluding hydrogens is 338 g/mol. The molecule has 1 N–H and O–H groups in total. The van der Waals surface area contributed by atoms with Crippen molar-refractivity contribution in [2.75, 3.05) is 11.9 Å². The van der Waals surface area contributed by atoms with E-state index >= 15 is 0 Å². The Morgan fingerprint density at radius 3 is 2.55 bits per heavy atom. The van der Waals surface area contributed by atoms with Crippen molar-refractivity contribution in [2.45, 2.75) is 19.9 Å². The molecule has 2 rings (SSSR count). The van der Waals surface area contributed by atoms with E-state index in [9.17, 15) is 4.79 Å². The number of aryl methyl sites for hydroxylation is 1. The molecule has 0 bridgehead atoms. The van der Waals surface area contributed by atoms with E-state index in [4.69, 9.17) is 4.74 Å². The lowest BCUT2D eigenvalue weighted by molar-refractivity contribution is -0.144. The SMILES string of the molecule is CCOC(=O)C(Nc1ccc(Br)cc1)c1ccc(C)s1. The van der Waals surface area contributed by atoms with Crippen LogP contribution in [0.3, 0.4) is 0 Å². The Kier molecular flexibility index (Phi) is 5.20. The molecule has 1 aromatic carbocycles. The molecule has 1 heterocycles. The molecule has 0 aliphatic carbocycles. The lowest BCUT2D eigenvalue weighted by Crippen LogP contribution is -2.22. The largest absolute Gasteiger partial charge is 0.464 e. The molecule has 1 aromatic heterocycles. The summed E-state index contributed by atoms with van der Waals surface area (Å²) >= 11 is 5.00. The number of esters is 1. The van der Waals surface area contributed by atoms with Crippen LogP contribution < -0.4 is 5.32 Å². The summed E-state index contributed by atoms with van der Waals surface area (Å²) in [4.78, 5) is 14.3. The van der Waals surface area contributed by atoms with Gasteiger partial charge in [0, 0.05) is 19.9 Å². The van der Waals surface area contributed by atoms with Crippen molar-refractivity contribution in [3.63, 3.8) is 0 Å². The predicted octanol–water partition coefficient (Wildman–Crippen LogP) is 4.54. The smallest absolute Gasteiger partial charge is 0.334 e. The fraction of sp³-hybridized carbons (Fsp3) is 0.267. The highest BCUT2D eigenvalue weighted by Gasteiger charge is 2.23. The first-order valence-electron chi connectivity index (χ1n) is 6.35. The van der Waals surface area contributed by atoms with Crippen LogP contribution in [0, 0.1) is 6.92 Å². The average Bonchev–Trinajstić information content (AvgIpc) is 2.84. The van der Waals surface area contributed by atoms with Crippen molar-refractivity contribution < 1.29 is 9.53 Å². The van der Waals surface area contributed by atoms with Crippen molar-refractivity contribution in [1.29, 1.82) is 0 Å². The maximum Gasteiger partial charge on any atom is 0.334 e. The van der Waals surface area contributed by atoms with Gasteiger partial charge in [0.15, 0.2) is 6.04 Å². The van der Waals surface area contributed by atoms with Gasteiger partial charge in [-0.15, -0.1) is 11.3 Å². The summed E-state index contributed by atoms with van der Waals surface area (Å²) in [6, 6.07) is 11.2. The Morgan fingerprint density at radius 1 is 1.30 bits per heavy atom. The Morgan fingerprint density at radius 2 is 2.00 bits per heavy atom. The van der Waals surface area contributed by atoms with Crippen LogP contribution in [0.5, 0.6) is 0 Å². The monoisotopic (exact) mass is 353 g/mol. The molecule has 0 fully saturated rings. The maximum absolute atomic E-state index is 12.1. The van der Waals surface area contributed by atoms with Crippen LogP contribution in [0.1, 0.15) is 22.7 Å². The van der Waals surface area contributed by atoms with Crippen LogP contribution in [0.4, 0.5) is 5.69 Å². The van der Waals surface area contributed by atoms with Gasteiger partial charge < -0.3 is 10.1 Å². The summed E-state index contributed by atoms with van der Waals surface area (Å²) in [5.74, 6) is -0.253. The lowest BCUT2D eigenvalue weighted by Gasteiger charge is -2.17. The van der Waals surface area contributed by atoms with E-state index in [-0.39, 0.29) is 5.97 Å². The quantitative estimate of drug-likeness (QED) is 0.802. The first-order chi connectivity index (χ1) is 9.60. The number of benzene rings is 1. The van der Waals surface area contributed by atoms with Gasteiger partial charge in [-0.2, -0.15) is 0 Å². The molecule has 5 heteroatoms. The Labute approximate surface area is 131 Å². The van der Waals surface area contributed by atoms with Gasteiger partial charge in [-0.05, 0) is 50.2 Å². The summed E-state index contributed by atoms with van der Waals surface area (Å²) in [5.41, 5.74) is 0.886. The molecule has 0 saturated carbocycles. The van der Waals surface area contributed by atoms with Crippen molar-refractivity contribution in [3.8, 4) is 0 Å². The molecule has 3 nitrogen and oxygen atoms in total. The van der Waals surface area contributed by atoms with E-state index in [2.05, 4.69) is 21.2 Å². The van der Waals surface area contributed by atoms with E-state index in [1.165, 1.54) is 4.88 Å². The molecule has 0 saturated heterocycles. The maximum atomic E-state index is 12.1. The van der Waals surface area contributed by atoms with Crippen molar-refractivity contribution >= 4 is 38.9 Å². The molecule has 0 aliphatic heterocycles. The number of nitrogens with one attached hydrogen (secondary N) is 1. The number of carbonyl (C=O) groups is 1. The molecule has 2 aromatic rings. The fourth-order valence-corrected chi connectivity index (χ4v) is 2.97. The molecule has 1 unspecified atom stereocenters. The second-order valence-electron chi connectivity index (χ2n) is 4.28. The van der Waals surface area contributed by atoms with Gasteiger partial charge in [-0.25, -0.2) is 4.79 Å². The zero-order chi connectivity index (χ0) is 14.5. The number of carbonyl (C=O) groups excluding carboxylic acids is 1. The van der Waals surface area contributed by atoms with Crippen molar-refractivity contribution in [2.24, 2.45) is 0 Å². The number of anilines is 1. The number of hydrogen-bond acceptors (Lipinski definition) is 4. The van der Waals surface area contributed by atoms with Gasteiger partial charge in [0.05, 0.1) is 6.61 Å². The second-order valence-corrected chi connectivity index (χ2v) is 6.52. The van der Waals surface area contributed by atoms with E-state index < -0.39 is 6.04 Å². The Bertz CT molecular complexity index is 580. The normalized spacial score (nSPS) is 11.9. The standard InChI is InChI=1S/C15H16BrNO2S/c1-3-19-15(18)14(13-9-4-10(2)20-13)17-12-7-5-11(16)6-8-12/h4-9,14,17H,3H2,1-2H3. The third-order valence-electron chi connectivity index (χ3n) is 2.72. The van der Waals surface area contributed by atoms with Crippen molar-refractivity contribution in [1.82, 2.24) is 0 Å². The van der Waals surface area contributed by atoms with Crippen LogP contribution in [-0.4, -0.2) is 12.6 Å². The molecule has 0 amide bonds. The van der Waals surface area contributed by atoms with E-state index in [1.807, 2.05) is 50.2 Å². The molecule has 0 aliphatic rings. The molecular formula is C15H16BrNO2S. The van der Waals surface area contributed by atoms with Crippen LogP contribution in [0.25, 0.3) is 0 Å². The third kappa shape index (κ3) is 3.84. The van der Waals surface area contributed by atoms with Gasteiger partial charge in [-0.3, -0.25) is 0 Å². The average molecular weight is 354 g/mol. The number of hydrogen-bond donors (Lipinski definition) is 1. The highest BCUT2D eigenvalue weighted by molar-refractivity contribution is 9.10. The highest BCUT2D eigenvalue weighted by atomic mass is 79.9. The predicted molar refractivity (Wildman–Crippen MR) is 86.2 cm³/mol. The minimum atomic E-state index is -0.463. The van der Waals surface area contributed by atoms with E-state index in [0.29, 0.717) is 6.61 Å². The van der Waals surface area contributed by atoms with Crippen LogP contribution in [-0.2, 0) is 9.53 Å². The second kappa shape index (κ2) is 6.90. The van der Waals surface area contributed by atoms with Gasteiger partial charge in [0.25, 0.3) is 0 Å². The molecule has 106 valence electrons. The van der Waals surface area contributed by atoms with Crippen LogP contribution in [0.2, 0.25) is 0 Å². The van der Waals surface area contributed by atoms with Crippen LogP contribution >= 0.6 is 27.3 Å². The van der Waals surface area contributed by atoms with Gasteiger partial charge in [0.2, 0.25) is 0 Å². The minimum Gasteiger partial charge on any atom is -0.464 e. The zero-order valence-corrected chi connectivity index (χ0v) is 13.8. The topological polar surface area (TPSA) is 38.3 Å². The first-order valence-corrected chi connectivity index (χ1v) is 7.96. The molecule has 0 spiro atoms. The van der Waals surface area contributed by atoms with E-state index in [0.717, 1.165) is 15.0 Å². The van der Waals surface area contributed by atoms with Crippen molar-refractivity contribution in [3.05, 3.63) is 50.6 Å². The zero-order valence-electron chi connectivity index (χ0n) is 11.4. The summed E-state index contributed by atoms with van der Waals surface area (Å²) in [6.07, 6.45) is 0. The Balaban J connectivity index is 2.22. The molecule has 1 atom stereocenters. The molecule has 0 radical (unpaired) electrons. The van der Waals surface area contributed by atoms with E-state index in [1.54, 1.807) is 11.3 Å². The number of halogens is 1. The molecule has 20 heavy (non-hydrogen) atoms. The third-order valence-corrected chi connectivity index (χ3v) is 4.32. The Hall–Kier alpha value is -1.33. The van der Waals surface area contributed by atoms with Gasteiger partial charge in [-0.1, -0.05) is 15.9 Å². The number of ether oxygens (including phenoxy) is 1. The minimum absolute atomic E-state index is 0.253. The first kappa shape index (κ1) is 15.1. The highest BCUT2D eigenvalue weighted by Crippen LogP contribution is 2.27. The number of rotatable bonds is 5. The summed E-state index contributed by atoms with van der Waals surface area (Å²) in [6.45, 7) is 4.21. The van der Waals surface area contributed by atoms with Crippen LogP contribution in [0.15, 0.2) is 40.9 Å². The van der Waals surface area contributed by atoms with Gasteiger partial charge in [0.1, 0.15) is 0 Å². The summed E-state index contributed by atoms with van der Waals surface area (Å²) < 4.78 is 6.16. The van der Waals surface area contributed by atoms with Gasteiger partial charge >= 0.3 is 5.97 Å². The fourth-order valence-electron chi connectivity index (χ4n) is 1.79. The summed E-state index contributed by atoms with van der Waals surface area (Å²) in [5, 5.41) is 3.24.